The molecule has 0 spiro atoms. The van der Waals surface area contributed by atoms with E-state index in [0.717, 1.165) is 72.5 Å². The number of allylic oxidation sites excluding steroid dienone is 1. The van der Waals surface area contributed by atoms with Gasteiger partial charge in [0.25, 0.3) is 0 Å². The highest BCUT2D eigenvalue weighted by atomic mass is 16.5. The molecule has 0 aliphatic carbocycles. The van der Waals surface area contributed by atoms with Gasteiger partial charge in [0.15, 0.2) is 0 Å². The van der Waals surface area contributed by atoms with Crippen molar-refractivity contribution in [3.63, 3.8) is 0 Å². The van der Waals surface area contributed by atoms with Crippen LogP contribution >= 0.6 is 0 Å². The third-order valence-electron chi connectivity index (χ3n) is 6.86. The second-order valence-corrected chi connectivity index (χ2v) is 9.41. The molecular formula is C31H34N2O4. The minimum Gasteiger partial charge on any atom is -0.493 e. The number of fused-ring (bicyclic) bond motifs is 2. The van der Waals surface area contributed by atoms with Crippen molar-refractivity contribution in [3.8, 4) is 16.9 Å². The Morgan fingerprint density at radius 3 is 2.70 bits per heavy atom. The largest absolute Gasteiger partial charge is 0.493 e. The van der Waals surface area contributed by atoms with Crippen LogP contribution in [0.4, 0.5) is 0 Å². The molecule has 6 heteroatoms. The van der Waals surface area contributed by atoms with E-state index in [0.29, 0.717) is 18.9 Å². The van der Waals surface area contributed by atoms with Crippen molar-refractivity contribution in [2.24, 2.45) is 0 Å². The van der Waals surface area contributed by atoms with E-state index in [1.807, 2.05) is 32.0 Å². The van der Waals surface area contributed by atoms with Crippen molar-refractivity contribution in [2.45, 2.75) is 20.3 Å². The summed E-state index contributed by atoms with van der Waals surface area (Å²) < 4.78 is 17.3. The highest BCUT2D eigenvalue weighted by molar-refractivity contribution is 6.01. The molecule has 0 bridgehead atoms. The molecule has 5 rings (SSSR count). The van der Waals surface area contributed by atoms with Crippen LogP contribution in [0.25, 0.3) is 38.4 Å². The molecule has 1 aliphatic heterocycles. The number of amides is 1. The lowest BCUT2D eigenvalue weighted by Crippen LogP contribution is -2.38. The summed E-state index contributed by atoms with van der Waals surface area (Å²) in [6.45, 7) is 9.55. The van der Waals surface area contributed by atoms with Crippen LogP contribution in [0.2, 0.25) is 0 Å². The lowest BCUT2D eigenvalue weighted by molar-refractivity contribution is -0.116. The molecule has 37 heavy (non-hydrogen) atoms. The maximum atomic E-state index is 12.7. The van der Waals surface area contributed by atoms with E-state index in [4.69, 9.17) is 13.9 Å². The van der Waals surface area contributed by atoms with E-state index < -0.39 is 0 Å². The third kappa shape index (κ3) is 5.87. The molecule has 3 aromatic carbocycles. The van der Waals surface area contributed by atoms with Crippen molar-refractivity contribution in [3.05, 3.63) is 72.5 Å². The van der Waals surface area contributed by atoms with Gasteiger partial charge in [-0.05, 0) is 60.9 Å². The Bertz CT molecular complexity index is 1420. The zero-order chi connectivity index (χ0) is 25.6. The second kappa shape index (κ2) is 11.6. The van der Waals surface area contributed by atoms with Gasteiger partial charge in [-0.25, -0.2) is 0 Å². The lowest BCUT2D eigenvalue weighted by atomic mass is 9.97. The molecule has 1 aliphatic rings. The molecule has 1 amide bonds. The zero-order valence-corrected chi connectivity index (χ0v) is 21.6. The van der Waals surface area contributed by atoms with Crippen LogP contribution in [-0.4, -0.2) is 56.8 Å². The Kier molecular flexibility index (Phi) is 7.87. The fourth-order valence-electron chi connectivity index (χ4n) is 4.88. The molecule has 1 fully saturated rings. The topological polar surface area (TPSA) is 63.9 Å². The van der Waals surface area contributed by atoms with Crippen LogP contribution in [0.5, 0.6) is 5.75 Å². The van der Waals surface area contributed by atoms with E-state index in [1.165, 1.54) is 10.8 Å². The predicted molar refractivity (Wildman–Crippen MR) is 149 cm³/mol. The second-order valence-electron chi connectivity index (χ2n) is 9.41. The molecule has 0 saturated carbocycles. The lowest BCUT2D eigenvalue weighted by Gasteiger charge is -2.26. The smallest absolute Gasteiger partial charge is 0.244 e. The number of rotatable bonds is 9. The van der Waals surface area contributed by atoms with E-state index in [9.17, 15) is 4.79 Å². The SMILES string of the molecule is CCOc1cc2occ(-c3ccc4ccccc4c3)c2cc1/C(C)=C/C(=O)NCCCN1CCOCC1. The maximum Gasteiger partial charge on any atom is 0.244 e. The van der Waals surface area contributed by atoms with Gasteiger partial charge in [-0.2, -0.15) is 0 Å². The van der Waals surface area contributed by atoms with Crippen LogP contribution in [-0.2, 0) is 9.53 Å². The van der Waals surface area contributed by atoms with Gasteiger partial charge in [0.05, 0.1) is 26.1 Å². The van der Waals surface area contributed by atoms with Crippen LogP contribution < -0.4 is 10.1 Å². The number of nitrogens with one attached hydrogen (secondary N) is 1. The summed E-state index contributed by atoms with van der Waals surface area (Å²) in [5.41, 5.74) is 4.61. The first kappa shape index (κ1) is 25.1. The van der Waals surface area contributed by atoms with Gasteiger partial charge in [-0.15, -0.1) is 0 Å². The number of carbonyl (C=O) groups excluding carboxylic acids is 1. The van der Waals surface area contributed by atoms with Gasteiger partial charge in [0.1, 0.15) is 11.3 Å². The Labute approximate surface area is 217 Å². The Balaban J connectivity index is 1.36. The Hall–Kier alpha value is -3.61. The molecule has 1 aromatic heterocycles. The first-order chi connectivity index (χ1) is 18.1. The van der Waals surface area contributed by atoms with Crippen molar-refractivity contribution < 1.29 is 18.7 Å². The Morgan fingerprint density at radius 1 is 1.08 bits per heavy atom. The van der Waals surface area contributed by atoms with Crippen molar-refractivity contribution in [2.75, 3.05) is 46.0 Å². The number of carbonyl (C=O) groups is 1. The van der Waals surface area contributed by atoms with Gasteiger partial charge >= 0.3 is 0 Å². The molecule has 1 saturated heterocycles. The average Bonchev–Trinajstić information content (AvgIpc) is 3.34. The third-order valence-corrected chi connectivity index (χ3v) is 6.86. The quantitative estimate of drug-likeness (QED) is 0.230. The summed E-state index contributed by atoms with van der Waals surface area (Å²) in [5.74, 6) is 0.618. The fourth-order valence-corrected chi connectivity index (χ4v) is 4.88. The number of nitrogens with zero attached hydrogens (tertiary/aromatic N) is 1. The van der Waals surface area contributed by atoms with Crippen molar-refractivity contribution >= 4 is 33.2 Å². The molecule has 0 atom stereocenters. The highest BCUT2D eigenvalue weighted by Crippen LogP contribution is 2.38. The van der Waals surface area contributed by atoms with E-state index in [2.05, 4.69) is 46.6 Å². The average molecular weight is 499 g/mol. The molecule has 192 valence electrons. The summed E-state index contributed by atoms with van der Waals surface area (Å²) in [7, 11) is 0. The molecular weight excluding hydrogens is 464 g/mol. The molecule has 2 heterocycles. The monoisotopic (exact) mass is 498 g/mol. The number of benzene rings is 3. The summed E-state index contributed by atoms with van der Waals surface area (Å²) in [4.78, 5) is 15.1. The van der Waals surface area contributed by atoms with Crippen LogP contribution in [0.15, 0.2) is 71.4 Å². The van der Waals surface area contributed by atoms with Gasteiger partial charge in [-0.3, -0.25) is 9.69 Å². The number of furan rings is 1. The summed E-state index contributed by atoms with van der Waals surface area (Å²) in [6, 6.07) is 18.8. The predicted octanol–water partition coefficient (Wildman–Crippen LogP) is 5.89. The summed E-state index contributed by atoms with van der Waals surface area (Å²) >= 11 is 0. The summed E-state index contributed by atoms with van der Waals surface area (Å²) in [6.07, 6.45) is 4.38. The minimum atomic E-state index is -0.0935. The molecule has 1 N–H and O–H groups in total. The number of ether oxygens (including phenoxy) is 2. The minimum absolute atomic E-state index is 0.0935. The molecule has 0 radical (unpaired) electrons. The number of hydrogen-bond acceptors (Lipinski definition) is 5. The highest BCUT2D eigenvalue weighted by Gasteiger charge is 2.16. The van der Waals surface area contributed by atoms with Crippen LogP contribution in [0.1, 0.15) is 25.8 Å². The number of hydrogen-bond donors (Lipinski definition) is 1. The molecule has 0 unspecified atom stereocenters. The van der Waals surface area contributed by atoms with Crippen molar-refractivity contribution in [1.29, 1.82) is 0 Å². The first-order valence-electron chi connectivity index (χ1n) is 13.1. The van der Waals surface area contributed by atoms with E-state index in [1.54, 1.807) is 12.3 Å². The van der Waals surface area contributed by atoms with E-state index in [-0.39, 0.29) is 5.91 Å². The van der Waals surface area contributed by atoms with Gasteiger partial charge in [-0.1, -0.05) is 36.4 Å². The number of morpholine rings is 1. The zero-order valence-electron chi connectivity index (χ0n) is 21.6. The van der Waals surface area contributed by atoms with Crippen LogP contribution in [0, 0.1) is 0 Å². The van der Waals surface area contributed by atoms with Crippen LogP contribution in [0.3, 0.4) is 0 Å². The summed E-state index contributed by atoms with van der Waals surface area (Å²) in [5, 5.41) is 6.41. The standard InChI is InChI=1S/C31H34N2O4/c1-3-36-29-20-30-27(28(21-37-30)25-10-9-23-7-4-5-8-24(23)18-25)19-26(29)22(2)17-31(34)32-11-6-12-33-13-15-35-16-14-33/h4-5,7-10,17-21H,3,6,11-16H2,1-2H3,(H,32,34)/b22-17+. The first-order valence-corrected chi connectivity index (χ1v) is 13.1. The molecule has 6 nitrogen and oxygen atoms in total. The van der Waals surface area contributed by atoms with Gasteiger partial charge < -0.3 is 19.2 Å². The maximum absolute atomic E-state index is 12.7. The normalized spacial score (nSPS) is 14.8. The van der Waals surface area contributed by atoms with Gasteiger partial charge in [0, 0.05) is 48.3 Å². The molecule has 4 aromatic rings. The fraction of sp³-hybridized carbons (Fsp3) is 0.323. The Morgan fingerprint density at radius 2 is 1.89 bits per heavy atom. The van der Waals surface area contributed by atoms with Crippen molar-refractivity contribution in [1.82, 2.24) is 10.2 Å². The van der Waals surface area contributed by atoms with E-state index >= 15 is 0 Å². The van der Waals surface area contributed by atoms with Gasteiger partial charge in [0.2, 0.25) is 5.91 Å².